The number of amides is 2. The maximum absolute atomic E-state index is 12.8. The Morgan fingerprint density at radius 1 is 1.19 bits per heavy atom. The zero-order chi connectivity index (χ0) is 15.4. The molecule has 0 spiro atoms. The van der Waals surface area contributed by atoms with E-state index in [0.29, 0.717) is 19.4 Å². The summed E-state index contributed by atoms with van der Waals surface area (Å²) in [7, 11) is 0. The Labute approximate surface area is 124 Å². The van der Waals surface area contributed by atoms with E-state index in [4.69, 9.17) is 0 Å². The average Bonchev–Trinajstić information content (AvgIpc) is 3.20. The van der Waals surface area contributed by atoms with Crippen LogP contribution in [0, 0.1) is 17.7 Å². The highest BCUT2D eigenvalue weighted by molar-refractivity contribution is 5.92. The van der Waals surface area contributed by atoms with E-state index in [2.05, 4.69) is 10.6 Å². The molecular formula is C16H21FN2O2. The van der Waals surface area contributed by atoms with Crippen LogP contribution in [0.4, 0.5) is 4.39 Å². The molecule has 1 fully saturated rings. The van der Waals surface area contributed by atoms with Crippen LogP contribution < -0.4 is 10.6 Å². The number of benzene rings is 1. The molecule has 2 amide bonds. The van der Waals surface area contributed by atoms with Gasteiger partial charge in [-0.2, -0.15) is 0 Å². The van der Waals surface area contributed by atoms with E-state index < -0.39 is 0 Å². The fraction of sp³-hybridized carbons (Fsp3) is 0.500. The number of halogens is 1. The highest BCUT2D eigenvalue weighted by Crippen LogP contribution is 2.38. The maximum atomic E-state index is 12.8. The molecule has 1 aromatic carbocycles. The molecule has 1 saturated carbocycles. The molecule has 2 atom stereocenters. The fourth-order valence-electron chi connectivity index (χ4n) is 2.28. The third-order valence-electron chi connectivity index (χ3n) is 3.52. The summed E-state index contributed by atoms with van der Waals surface area (Å²) in [6.45, 7) is 4.30. The smallest absolute Gasteiger partial charge is 0.224 e. The summed E-state index contributed by atoms with van der Waals surface area (Å²) in [6, 6.07) is 6.32. The first-order chi connectivity index (χ1) is 9.97. The number of hydrogen-bond acceptors (Lipinski definition) is 2. The number of nitrogens with one attached hydrogen (secondary N) is 2. The van der Waals surface area contributed by atoms with Crippen LogP contribution >= 0.6 is 0 Å². The number of carbonyl (C=O) groups is 2. The first-order valence-corrected chi connectivity index (χ1v) is 7.30. The molecule has 4 nitrogen and oxygen atoms in total. The highest BCUT2D eigenvalue weighted by Gasteiger charge is 2.47. The van der Waals surface area contributed by atoms with Crippen LogP contribution in [0.3, 0.4) is 0 Å². The molecule has 2 unspecified atom stereocenters. The van der Waals surface area contributed by atoms with Crippen molar-refractivity contribution in [3.8, 4) is 0 Å². The Morgan fingerprint density at radius 3 is 2.43 bits per heavy atom. The van der Waals surface area contributed by atoms with Crippen LogP contribution in [0.2, 0.25) is 0 Å². The Hall–Kier alpha value is -1.91. The number of rotatable bonds is 6. The van der Waals surface area contributed by atoms with Gasteiger partial charge < -0.3 is 10.6 Å². The summed E-state index contributed by atoms with van der Waals surface area (Å²) in [5.41, 5.74) is 0.974. The van der Waals surface area contributed by atoms with E-state index in [0.717, 1.165) is 5.56 Å². The molecule has 2 N–H and O–H groups in total. The normalized spacial score (nSPS) is 20.2. The second kappa shape index (κ2) is 6.70. The third-order valence-corrected chi connectivity index (χ3v) is 3.52. The molecule has 1 aliphatic rings. The summed E-state index contributed by atoms with van der Waals surface area (Å²) in [6.07, 6.45) is 1.28. The van der Waals surface area contributed by atoms with E-state index >= 15 is 0 Å². The SMILES string of the molecule is CC(C)NC(=O)C1CC1C(=O)NCCc1ccc(F)cc1. The van der Waals surface area contributed by atoms with Gasteiger partial charge in [-0.15, -0.1) is 0 Å². The van der Waals surface area contributed by atoms with Crippen LogP contribution in [-0.4, -0.2) is 24.4 Å². The van der Waals surface area contributed by atoms with Gasteiger partial charge in [-0.05, 0) is 44.4 Å². The molecule has 1 aromatic rings. The van der Waals surface area contributed by atoms with Crippen LogP contribution in [0.15, 0.2) is 24.3 Å². The molecule has 0 aliphatic heterocycles. The zero-order valence-corrected chi connectivity index (χ0v) is 12.4. The number of hydrogen-bond donors (Lipinski definition) is 2. The van der Waals surface area contributed by atoms with Crippen molar-refractivity contribution in [3.63, 3.8) is 0 Å². The van der Waals surface area contributed by atoms with Gasteiger partial charge in [0.1, 0.15) is 5.82 Å². The van der Waals surface area contributed by atoms with Gasteiger partial charge in [0.15, 0.2) is 0 Å². The molecule has 2 rings (SSSR count). The van der Waals surface area contributed by atoms with Gasteiger partial charge in [0.25, 0.3) is 0 Å². The minimum Gasteiger partial charge on any atom is -0.356 e. The molecule has 1 aliphatic carbocycles. The Morgan fingerprint density at radius 2 is 1.81 bits per heavy atom. The standard InChI is InChI=1S/C16H21FN2O2/c1-10(2)19-16(21)14-9-13(14)15(20)18-8-7-11-3-5-12(17)6-4-11/h3-6,10,13-14H,7-9H2,1-2H3,(H,18,20)(H,19,21). The summed E-state index contributed by atoms with van der Waals surface area (Å²) in [5, 5.41) is 5.66. The molecule has 21 heavy (non-hydrogen) atoms. The van der Waals surface area contributed by atoms with Crippen molar-refractivity contribution in [1.29, 1.82) is 0 Å². The molecule has 0 heterocycles. The van der Waals surface area contributed by atoms with Gasteiger partial charge in [-0.3, -0.25) is 9.59 Å². The zero-order valence-electron chi connectivity index (χ0n) is 12.4. The lowest BCUT2D eigenvalue weighted by atomic mass is 10.1. The topological polar surface area (TPSA) is 58.2 Å². The van der Waals surface area contributed by atoms with Crippen molar-refractivity contribution < 1.29 is 14.0 Å². The van der Waals surface area contributed by atoms with Gasteiger partial charge in [-0.1, -0.05) is 12.1 Å². The van der Waals surface area contributed by atoms with Crippen LogP contribution in [-0.2, 0) is 16.0 Å². The second-order valence-corrected chi connectivity index (χ2v) is 5.78. The van der Waals surface area contributed by atoms with E-state index in [1.807, 2.05) is 13.8 Å². The van der Waals surface area contributed by atoms with Gasteiger partial charge >= 0.3 is 0 Å². The summed E-state index contributed by atoms with van der Waals surface area (Å²) in [4.78, 5) is 23.6. The Balaban J connectivity index is 1.69. The molecule has 0 aromatic heterocycles. The van der Waals surface area contributed by atoms with E-state index in [9.17, 15) is 14.0 Å². The summed E-state index contributed by atoms with van der Waals surface area (Å²) >= 11 is 0. The third kappa shape index (κ3) is 4.55. The van der Waals surface area contributed by atoms with Gasteiger partial charge in [0.05, 0.1) is 11.8 Å². The lowest BCUT2D eigenvalue weighted by molar-refractivity contribution is -0.127. The first kappa shape index (κ1) is 15.5. The van der Waals surface area contributed by atoms with Gasteiger partial charge in [0, 0.05) is 12.6 Å². The van der Waals surface area contributed by atoms with Crippen molar-refractivity contribution in [2.24, 2.45) is 11.8 Å². The molecule has 0 bridgehead atoms. The Bertz CT molecular complexity index is 514. The first-order valence-electron chi connectivity index (χ1n) is 7.30. The van der Waals surface area contributed by atoms with E-state index in [1.165, 1.54) is 12.1 Å². The quantitative estimate of drug-likeness (QED) is 0.837. The largest absolute Gasteiger partial charge is 0.356 e. The van der Waals surface area contributed by atoms with E-state index in [1.54, 1.807) is 12.1 Å². The van der Waals surface area contributed by atoms with Crippen molar-refractivity contribution in [3.05, 3.63) is 35.6 Å². The number of carbonyl (C=O) groups excluding carboxylic acids is 2. The lowest BCUT2D eigenvalue weighted by Crippen LogP contribution is -2.34. The average molecular weight is 292 g/mol. The van der Waals surface area contributed by atoms with Gasteiger partial charge in [-0.25, -0.2) is 4.39 Å². The second-order valence-electron chi connectivity index (χ2n) is 5.78. The monoisotopic (exact) mass is 292 g/mol. The molecule has 0 saturated heterocycles. The molecular weight excluding hydrogens is 271 g/mol. The van der Waals surface area contributed by atoms with Gasteiger partial charge in [0.2, 0.25) is 11.8 Å². The van der Waals surface area contributed by atoms with Crippen molar-refractivity contribution >= 4 is 11.8 Å². The Kier molecular flexibility index (Phi) is 4.94. The van der Waals surface area contributed by atoms with Crippen molar-refractivity contribution in [2.75, 3.05) is 6.54 Å². The summed E-state index contributed by atoms with van der Waals surface area (Å²) < 4.78 is 12.8. The molecule has 114 valence electrons. The van der Waals surface area contributed by atoms with Crippen LogP contribution in [0.1, 0.15) is 25.8 Å². The maximum Gasteiger partial charge on any atom is 0.224 e. The van der Waals surface area contributed by atoms with Crippen molar-refractivity contribution in [1.82, 2.24) is 10.6 Å². The lowest BCUT2D eigenvalue weighted by Gasteiger charge is -2.08. The predicted octanol–water partition coefficient (Wildman–Crippen LogP) is 1.65. The van der Waals surface area contributed by atoms with E-state index in [-0.39, 0.29) is 35.5 Å². The molecule has 0 radical (unpaired) electrons. The van der Waals surface area contributed by atoms with Crippen molar-refractivity contribution in [2.45, 2.75) is 32.7 Å². The van der Waals surface area contributed by atoms with Crippen LogP contribution in [0.5, 0.6) is 0 Å². The fourth-order valence-corrected chi connectivity index (χ4v) is 2.28. The minimum atomic E-state index is -0.264. The molecule has 5 heteroatoms. The summed E-state index contributed by atoms with van der Waals surface area (Å²) in [5.74, 6) is -0.750. The minimum absolute atomic E-state index is 0.0383. The highest BCUT2D eigenvalue weighted by atomic mass is 19.1. The van der Waals surface area contributed by atoms with Crippen LogP contribution in [0.25, 0.3) is 0 Å². The predicted molar refractivity (Wildman–Crippen MR) is 78.0 cm³/mol.